The molecule has 4 rings (SSSR count). The lowest BCUT2D eigenvalue weighted by Gasteiger charge is -2.24. The third kappa shape index (κ3) is 5.32. The minimum absolute atomic E-state index is 0.0158. The summed E-state index contributed by atoms with van der Waals surface area (Å²) in [5.74, 6) is -0.935. The highest BCUT2D eigenvalue weighted by Gasteiger charge is 2.25. The Morgan fingerprint density at radius 2 is 2.03 bits per heavy atom. The van der Waals surface area contributed by atoms with Gasteiger partial charge in [-0.15, -0.1) is 11.3 Å². The first-order valence-electron chi connectivity index (χ1n) is 12.8. The number of nitrogens with zero attached hydrogens (tertiary/aromatic N) is 3. The molecule has 8 nitrogen and oxygen atoms in total. The molecule has 0 spiro atoms. The van der Waals surface area contributed by atoms with Gasteiger partial charge in [-0.25, -0.2) is 9.37 Å². The van der Waals surface area contributed by atoms with E-state index in [1.165, 1.54) is 17.4 Å². The molecule has 1 amide bonds. The predicted octanol–water partition coefficient (Wildman–Crippen LogP) is 3.88. The summed E-state index contributed by atoms with van der Waals surface area (Å²) in [4.78, 5) is 34.0. The van der Waals surface area contributed by atoms with Gasteiger partial charge in [0.1, 0.15) is 10.4 Å². The van der Waals surface area contributed by atoms with Crippen molar-refractivity contribution in [1.82, 2.24) is 20.0 Å². The number of halogens is 1. The van der Waals surface area contributed by atoms with Gasteiger partial charge in [-0.05, 0) is 51.9 Å². The van der Waals surface area contributed by atoms with Crippen LogP contribution < -0.4 is 26.7 Å². The van der Waals surface area contributed by atoms with E-state index in [1.807, 2.05) is 49.6 Å². The first-order chi connectivity index (χ1) is 17.8. The maximum absolute atomic E-state index is 15.4. The van der Waals surface area contributed by atoms with Gasteiger partial charge in [-0.3, -0.25) is 14.0 Å². The van der Waals surface area contributed by atoms with Gasteiger partial charge in [-0.2, -0.15) is 0 Å². The first-order valence-corrected chi connectivity index (χ1v) is 13.6. The van der Waals surface area contributed by atoms with Gasteiger partial charge < -0.3 is 21.3 Å². The highest BCUT2D eigenvalue weighted by molar-refractivity contribution is 7.24. The quantitative estimate of drug-likeness (QED) is 0.274. The van der Waals surface area contributed by atoms with E-state index < -0.39 is 17.2 Å². The maximum atomic E-state index is 15.4. The summed E-state index contributed by atoms with van der Waals surface area (Å²) in [5.41, 5.74) is 6.61. The summed E-state index contributed by atoms with van der Waals surface area (Å²) >= 11 is 1.36. The van der Waals surface area contributed by atoms with Crippen LogP contribution >= 0.6 is 11.3 Å². The molecule has 0 bridgehead atoms. The number of para-hydroxylation sites is 1. The van der Waals surface area contributed by atoms with E-state index in [-0.39, 0.29) is 28.9 Å². The average Bonchev–Trinajstić information content (AvgIpc) is 3.25. The van der Waals surface area contributed by atoms with E-state index in [4.69, 9.17) is 5.73 Å². The molecule has 0 aliphatic rings. The van der Waals surface area contributed by atoms with Crippen LogP contribution in [-0.2, 0) is 0 Å². The van der Waals surface area contributed by atoms with Gasteiger partial charge in [0.15, 0.2) is 17.3 Å². The lowest BCUT2D eigenvalue weighted by atomic mass is 10.1. The van der Waals surface area contributed by atoms with Gasteiger partial charge in [0.05, 0.1) is 15.6 Å². The van der Waals surface area contributed by atoms with Gasteiger partial charge in [0, 0.05) is 31.7 Å². The lowest BCUT2D eigenvalue weighted by molar-refractivity contribution is 0.0952. The number of thiazole rings is 1. The molecule has 4 aromatic rings. The van der Waals surface area contributed by atoms with Crippen molar-refractivity contribution in [2.45, 2.75) is 52.1 Å². The number of nitrogens with one attached hydrogen (secondary N) is 2. The highest BCUT2D eigenvalue weighted by Crippen LogP contribution is 2.32. The van der Waals surface area contributed by atoms with E-state index in [0.717, 1.165) is 29.5 Å². The molecule has 2 atom stereocenters. The van der Waals surface area contributed by atoms with E-state index >= 15 is 4.39 Å². The van der Waals surface area contributed by atoms with Crippen LogP contribution in [0.3, 0.4) is 0 Å². The Kier molecular flexibility index (Phi) is 8.41. The Hall–Kier alpha value is -3.08. The van der Waals surface area contributed by atoms with Crippen LogP contribution in [0, 0.1) is 5.82 Å². The van der Waals surface area contributed by atoms with Gasteiger partial charge in [0.25, 0.3) is 5.91 Å². The van der Waals surface area contributed by atoms with Crippen LogP contribution in [0.4, 0.5) is 10.2 Å². The number of likely N-dealkylation sites (N-methyl/N-ethyl adjacent to an activating group) is 1. The highest BCUT2D eigenvalue weighted by atomic mass is 32.1. The van der Waals surface area contributed by atoms with Crippen LogP contribution in [0.5, 0.6) is 0 Å². The van der Waals surface area contributed by atoms with Crippen molar-refractivity contribution < 1.29 is 9.18 Å². The fourth-order valence-corrected chi connectivity index (χ4v) is 5.95. The molecule has 3 aromatic heterocycles. The van der Waals surface area contributed by atoms with Crippen LogP contribution in [0.2, 0.25) is 0 Å². The van der Waals surface area contributed by atoms with Gasteiger partial charge in [-0.1, -0.05) is 25.5 Å². The number of carbonyl (C=O) groups excluding carboxylic acids is 1. The topological polar surface area (TPSA) is 105 Å². The second-order valence-corrected chi connectivity index (χ2v) is 10.4. The molecule has 0 fully saturated rings. The summed E-state index contributed by atoms with van der Waals surface area (Å²) < 4.78 is 18.1. The largest absolute Gasteiger partial charge is 0.353 e. The average molecular weight is 527 g/mol. The summed E-state index contributed by atoms with van der Waals surface area (Å²) in [6, 6.07) is 8.95. The molecule has 0 saturated heterocycles. The van der Waals surface area contributed by atoms with Gasteiger partial charge in [0.2, 0.25) is 5.43 Å². The van der Waals surface area contributed by atoms with Crippen molar-refractivity contribution in [2.75, 3.05) is 31.6 Å². The number of hydrogen-bond donors (Lipinski definition) is 3. The second kappa shape index (κ2) is 11.5. The third-order valence-electron chi connectivity index (χ3n) is 6.59. The minimum Gasteiger partial charge on any atom is -0.353 e. The molecular formula is C27H35FN6O2S. The maximum Gasteiger partial charge on any atom is 0.258 e. The molecule has 0 saturated carbocycles. The smallest absolute Gasteiger partial charge is 0.258 e. The lowest BCUT2D eigenvalue weighted by Crippen LogP contribution is -2.37. The number of pyridine rings is 2. The zero-order chi connectivity index (χ0) is 26.7. The van der Waals surface area contributed by atoms with E-state index in [9.17, 15) is 9.59 Å². The number of rotatable bonds is 11. The zero-order valence-electron chi connectivity index (χ0n) is 21.8. The van der Waals surface area contributed by atoms with Crippen molar-refractivity contribution in [3.8, 4) is 0 Å². The normalized spacial score (nSPS) is 13.4. The molecule has 2 unspecified atom stereocenters. The molecule has 4 N–H and O–H groups in total. The molecule has 37 heavy (non-hydrogen) atoms. The van der Waals surface area contributed by atoms with Crippen molar-refractivity contribution in [3.63, 3.8) is 0 Å². The van der Waals surface area contributed by atoms with E-state index in [2.05, 4.69) is 22.5 Å². The van der Waals surface area contributed by atoms with Crippen LogP contribution in [0.15, 0.2) is 35.1 Å². The zero-order valence-corrected chi connectivity index (χ0v) is 22.6. The predicted molar refractivity (Wildman–Crippen MR) is 151 cm³/mol. The molecule has 0 aliphatic carbocycles. The van der Waals surface area contributed by atoms with Crippen molar-refractivity contribution in [3.05, 3.63) is 51.9 Å². The fourth-order valence-electron chi connectivity index (χ4n) is 4.76. The number of carbonyl (C=O) groups is 1. The van der Waals surface area contributed by atoms with Crippen LogP contribution in [0.1, 0.15) is 50.4 Å². The monoisotopic (exact) mass is 526 g/mol. The molecule has 0 radical (unpaired) electrons. The van der Waals surface area contributed by atoms with E-state index in [1.54, 1.807) is 4.90 Å². The Morgan fingerprint density at radius 3 is 2.70 bits per heavy atom. The SMILES string of the molecule is CCCC(CCNC(=O)c1c(=O)c2cc(F)c(N(CC)CC(C)N)nc2n2c1sc1ccccc12)NC. The Bertz CT molecular complexity index is 1480. The summed E-state index contributed by atoms with van der Waals surface area (Å²) in [6.45, 7) is 7.22. The molecular weight excluding hydrogens is 491 g/mol. The number of nitrogens with two attached hydrogens (primary N) is 1. The number of fused-ring (bicyclic) bond motifs is 5. The van der Waals surface area contributed by atoms with Gasteiger partial charge >= 0.3 is 0 Å². The van der Waals surface area contributed by atoms with Crippen LogP contribution in [0.25, 0.3) is 26.1 Å². The number of anilines is 1. The minimum atomic E-state index is -0.616. The van der Waals surface area contributed by atoms with Crippen molar-refractivity contribution >= 4 is 49.1 Å². The standard InChI is InChI=1S/C27H35FN6O2S/c1-5-9-17(30-4)12-13-31-26(36)22-23(35)18-14-19(28)25(33(6-2)15-16(3)29)32-24(18)34-20-10-7-8-11-21(20)37-27(22)34/h7-8,10-11,14,16-17,30H,5-6,9,12-13,15,29H2,1-4H3,(H,31,36). The number of benzene rings is 1. The first kappa shape index (κ1) is 27.0. The summed E-state index contributed by atoms with van der Waals surface area (Å²) in [5, 5.41) is 6.25. The third-order valence-corrected chi connectivity index (χ3v) is 7.74. The van der Waals surface area contributed by atoms with E-state index in [0.29, 0.717) is 30.1 Å². The van der Waals surface area contributed by atoms with Crippen molar-refractivity contribution in [1.29, 1.82) is 0 Å². The molecule has 198 valence electrons. The fraction of sp³-hybridized carbons (Fsp3) is 0.444. The Balaban J connectivity index is 1.89. The molecule has 0 aliphatic heterocycles. The molecule has 3 heterocycles. The summed E-state index contributed by atoms with van der Waals surface area (Å²) in [6.07, 6.45) is 2.77. The number of hydrogen-bond acceptors (Lipinski definition) is 7. The Morgan fingerprint density at radius 1 is 1.27 bits per heavy atom. The second-order valence-electron chi connectivity index (χ2n) is 9.41. The molecule has 1 aromatic carbocycles. The van der Waals surface area contributed by atoms with Crippen LogP contribution in [-0.4, -0.2) is 54.1 Å². The number of amides is 1. The molecule has 10 heteroatoms. The summed E-state index contributed by atoms with van der Waals surface area (Å²) in [7, 11) is 1.91. The van der Waals surface area contributed by atoms with Crippen molar-refractivity contribution in [2.24, 2.45) is 5.73 Å². The number of aromatic nitrogens is 2. The Labute approximate surface area is 219 Å².